The van der Waals surface area contributed by atoms with Crippen LogP contribution in [0.2, 0.25) is 0 Å². The van der Waals surface area contributed by atoms with Crippen molar-refractivity contribution in [3.8, 4) is 5.75 Å². The first-order valence-electron chi connectivity index (χ1n) is 6.64. The Kier molecular flexibility index (Phi) is 4.06. The molecule has 2 heteroatoms. The van der Waals surface area contributed by atoms with Crippen molar-refractivity contribution in [3.05, 3.63) is 29.3 Å². The van der Waals surface area contributed by atoms with Crippen molar-refractivity contribution in [1.82, 2.24) is 5.32 Å². The van der Waals surface area contributed by atoms with Gasteiger partial charge in [-0.15, -0.1) is 0 Å². The Morgan fingerprint density at radius 2 is 2.12 bits per heavy atom. The molecule has 0 saturated heterocycles. The van der Waals surface area contributed by atoms with E-state index in [1.165, 1.54) is 30.4 Å². The Hall–Kier alpha value is -1.02. The minimum atomic E-state index is 0.243. The van der Waals surface area contributed by atoms with Gasteiger partial charge in [0.25, 0.3) is 0 Å². The molecule has 2 rings (SSSR count). The van der Waals surface area contributed by atoms with Gasteiger partial charge in [-0.2, -0.15) is 0 Å². The highest BCUT2D eigenvalue weighted by atomic mass is 16.5. The van der Waals surface area contributed by atoms with Crippen LogP contribution in [-0.2, 0) is 6.54 Å². The first-order valence-corrected chi connectivity index (χ1v) is 6.64. The van der Waals surface area contributed by atoms with Gasteiger partial charge in [-0.1, -0.05) is 18.6 Å². The van der Waals surface area contributed by atoms with Gasteiger partial charge < -0.3 is 10.1 Å². The average molecular weight is 233 g/mol. The topological polar surface area (TPSA) is 21.3 Å². The number of hydrogen-bond acceptors (Lipinski definition) is 2. The molecule has 1 aromatic carbocycles. The van der Waals surface area contributed by atoms with Crippen LogP contribution in [0.3, 0.4) is 0 Å². The van der Waals surface area contributed by atoms with Gasteiger partial charge in [0, 0.05) is 12.6 Å². The van der Waals surface area contributed by atoms with Crippen molar-refractivity contribution >= 4 is 0 Å². The molecule has 1 N–H and O–H groups in total. The van der Waals surface area contributed by atoms with Gasteiger partial charge in [0.2, 0.25) is 0 Å². The average Bonchev–Trinajstić information content (AvgIpc) is 2.19. The van der Waals surface area contributed by atoms with Crippen LogP contribution >= 0.6 is 0 Å². The number of aryl methyl sites for hydroxylation is 1. The summed E-state index contributed by atoms with van der Waals surface area (Å²) >= 11 is 0. The largest absolute Gasteiger partial charge is 0.491 e. The van der Waals surface area contributed by atoms with E-state index >= 15 is 0 Å². The van der Waals surface area contributed by atoms with E-state index in [4.69, 9.17) is 4.74 Å². The molecule has 0 bridgehead atoms. The van der Waals surface area contributed by atoms with Crippen LogP contribution in [0.25, 0.3) is 0 Å². The zero-order valence-electron chi connectivity index (χ0n) is 11.1. The summed E-state index contributed by atoms with van der Waals surface area (Å²) in [6, 6.07) is 7.23. The predicted octanol–water partition coefficient (Wildman–Crippen LogP) is 3.42. The lowest BCUT2D eigenvalue weighted by molar-refractivity contribution is 0.240. The molecule has 0 spiro atoms. The van der Waals surface area contributed by atoms with Gasteiger partial charge >= 0.3 is 0 Å². The first-order chi connectivity index (χ1) is 8.15. The lowest BCUT2D eigenvalue weighted by Gasteiger charge is -2.26. The SMILES string of the molecule is Cc1cc(CNC2CCC2)ccc1OC(C)C. The molecule has 0 unspecified atom stereocenters. The van der Waals surface area contributed by atoms with Crippen molar-refractivity contribution in [2.75, 3.05) is 0 Å². The van der Waals surface area contributed by atoms with E-state index in [0.717, 1.165) is 18.3 Å². The molecule has 2 nitrogen and oxygen atoms in total. The molecule has 17 heavy (non-hydrogen) atoms. The quantitative estimate of drug-likeness (QED) is 0.841. The first kappa shape index (κ1) is 12.4. The summed E-state index contributed by atoms with van der Waals surface area (Å²) in [6.07, 6.45) is 4.31. The molecule has 0 amide bonds. The second-order valence-electron chi connectivity index (χ2n) is 5.28. The molecule has 94 valence electrons. The Labute approximate surface area is 104 Å². The fourth-order valence-corrected chi connectivity index (χ4v) is 2.08. The van der Waals surface area contributed by atoms with Crippen molar-refractivity contribution in [2.24, 2.45) is 0 Å². The highest BCUT2D eigenvalue weighted by Crippen LogP contribution is 2.22. The van der Waals surface area contributed by atoms with E-state index < -0.39 is 0 Å². The summed E-state index contributed by atoms with van der Waals surface area (Å²) in [4.78, 5) is 0. The third kappa shape index (κ3) is 3.47. The van der Waals surface area contributed by atoms with Gasteiger partial charge in [-0.25, -0.2) is 0 Å². The van der Waals surface area contributed by atoms with E-state index in [0.29, 0.717) is 0 Å². The van der Waals surface area contributed by atoms with E-state index in [1.807, 2.05) is 0 Å². The van der Waals surface area contributed by atoms with Crippen molar-refractivity contribution in [1.29, 1.82) is 0 Å². The maximum Gasteiger partial charge on any atom is 0.122 e. The normalized spacial score (nSPS) is 16.0. The van der Waals surface area contributed by atoms with Crippen LogP contribution in [0.1, 0.15) is 44.2 Å². The molecule has 1 aliphatic rings. The molecule has 1 aromatic rings. The Morgan fingerprint density at radius 3 is 2.65 bits per heavy atom. The number of nitrogens with one attached hydrogen (secondary N) is 1. The summed E-state index contributed by atoms with van der Waals surface area (Å²) in [7, 11) is 0. The third-order valence-electron chi connectivity index (χ3n) is 3.30. The summed E-state index contributed by atoms with van der Waals surface area (Å²) in [5.74, 6) is 1.01. The molecular weight excluding hydrogens is 210 g/mol. The fourth-order valence-electron chi connectivity index (χ4n) is 2.08. The van der Waals surface area contributed by atoms with E-state index in [2.05, 4.69) is 44.3 Å². The van der Waals surface area contributed by atoms with Gasteiger partial charge in [0.15, 0.2) is 0 Å². The highest BCUT2D eigenvalue weighted by Gasteiger charge is 2.16. The number of rotatable bonds is 5. The van der Waals surface area contributed by atoms with Gasteiger partial charge in [0.05, 0.1) is 6.10 Å². The maximum atomic E-state index is 5.74. The maximum absolute atomic E-state index is 5.74. The number of ether oxygens (including phenoxy) is 1. The summed E-state index contributed by atoms with van der Waals surface area (Å²) in [5, 5.41) is 3.58. The fraction of sp³-hybridized carbons (Fsp3) is 0.600. The highest BCUT2D eigenvalue weighted by molar-refractivity contribution is 5.36. The second-order valence-corrected chi connectivity index (χ2v) is 5.28. The molecule has 0 heterocycles. The Bertz CT molecular complexity index is 369. The monoisotopic (exact) mass is 233 g/mol. The smallest absolute Gasteiger partial charge is 0.122 e. The van der Waals surface area contributed by atoms with Crippen LogP contribution in [-0.4, -0.2) is 12.1 Å². The number of benzene rings is 1. The minimum Gasteiger partial charge on any atom is -0.491 e. The van der Waals surface area contributed by atoms with Crippen LogP contribution in [0.15, 0.2) is 18.2 Å². The number of hydrogen-bond donors (Lipinski definition) is 1. The van der Waals surface area contributed by atoms with Crippen LogP contribution in [0, 0.1) is 6.92 Å². The van der Waals surface area contributed by atoms with Gasteiger partial charge in [-0.3, -0.25) is 0 Å². The molecule has 0 aromatic heterocycles. The van der Waals surface area contributed by atoms with Gasteiger partial charge in [-0.05, 0) is 50.8 Å². The molecular formula is C15H23NO. The standard InChI is InChI=1S/C15H23NO/c1-11(2)17-15-8-7-13(9-12(15)3)10-16-14-5-4-6-14/h7-9,11,14,16H,4-6,10H2,1-3H3. The zero-order chi connectivity index (χ0) is 12.3. The molecule has 1 saturated carbocycles. The minimum absolute atomic E-state index is 0.243. The summed E-state index contributed by atoms with van der Waals surface area (Å²) < 4.78 is 5.74. The molecule has 0 radical (unpaired) electrons. The molecule has 1 fully saturated rings. The summed E-state index contributed by atoms with van der Waals surface area (Å²) in [6.45, 7) is 7.22. The van der Waals surface area contributed by atoms with E-state index in [9.17, 15) is 0 Å². The summed E-state index contributed by atoms with van der Waals surface area (Å²) in [5.41, 5.74) is 2.58. The molecule has 0 atom stereocenters. The third-order valence-corrected chi connectivity index (χ3v) is 3.30. The van der Waals surface area contributed by atoms with Gasteiger partial charge in [0.1, 0.15) is 5.75 Å². The van der Waals surface area contributed by atoms with Crippen LogP contribution in [0.4, 0.5) is 0 Å². The van der Waals surface area contributed by atoms with Crippen LogP contribution in [0.5, 0.6) is 5.75 Å². The van der Waals surface area contributed by atoms with Crippen molar-refractivity contribution in [2.45, 2.75) is 58.7 Å². The lowest BCUT2D eigenvalue weighted by atomic mass is 9.93. The molecule has 0 aliphatic heterocycles. The zero-order valence-corrected chi connectivity index (χ0v) is 11.1. The second kappa shape index (κ2) is 5.54. The van der Waals surface area contributed by atoms with Crippen molar-refractivity contribution in [3.63, 3.8) is 0 Å². The van der Waals surface area contributed by atoms with Crippen molar-refractivity contribution < 1.29 is 4.74 Å². The Morgan fingerprint density at radius 1 is 1.35 bits per heavy atom. The Balaban J connectivity index is 1.92. The van der Waals surface area contributed by atoms with Crippen LogP contribution < -0.4 is 10.1 Å². The lowest BCUT2D eigenvalue weighted by Crippen LogP contribution is -2.34. The van der Waals surface area contributed by atoms with E-state index in [1.54, 1.807) is 0 Å². The van der Waals surface area contributed by atoms with E-state index in [-0.39, 0.29) is 6.10 Å². The molecule has 1 aliphatic carbocycles. The predicted molar refractivity (Wildman–Crippen MR) is 71.4 cm³/mol.